The maximum atomic E-state index is 12.8. The highest BCUT2D eigenvalue weighted by molar-refractivity contribution is 6.10. The van der Waals surface area contributed by atoms with Crippen LogP contribution in [-0.4, -0.2) is 35.8 Å². The first-order chi connectivity index (χ1) is 12.6. The summed E-state index contributed by atoms with van der Waals surface area (Å²) in [5, 5.41) is 4.65. The van der Waals surface area contributed by atoms with E-state index in [0.717, 1.165) is 10.8 Å². The Hall–Kier alpha value is -3.19. The van der Waals surface area contributed by atoms with E-state index in [-0.39, 0.29) is 29.4 Å². The van der Waals surface area contributed by atoms with E-state index < -0.39 is 0 Å². The number of hydrogen-bond donors (Lipinski definition) is 1. The first-order valence-corrected chi connectivity index (χ1v) is 8.06. The zero-order valence-corrected chi connectivity index (χ0v) is 14.6. The highest BCUT2D eigenvalue weighted by Crippen LogP contribution is 2.23. The number of aryl methyl sites for hydroxylation is 1. The Morgan fingerprint density at radius 3 is 2.85 bits per heavy atom. The number of fused-ring (bicyclic) bond motifs is 1. The number of nitrogens with zero attached hydrogens (tertiary/aromatic N) is 2. The van der Waals surface area contributed by atoms with Gasteiger partial charge in [0.15, 0.2) is 0 Å². The van der Waals surface area contributed by atoms with Crippen molar-refractivity contribution in [3.8, 4) is 5.75 Å². The van der Waals surface area contributed by atoms with Crippen molar-refractivity contribution >= 4 is 22.4 Å². The van der Waals surface area contributed by atoms with E-state index in [1.54, 1.807) is 26.6 Å². The number of ether oxygens (including phenoxy) is 2. The number of carbonyl (C=O) groups is 1. The third kappa shape index (κ3) is 3.73. The smallest absolute Gasteiger partial charge is 0.260 e. The minimum absolute atomic E-state index is 0.218. The minimum atomic E-state index is -0.383. The lowest BCUT2D eigenvalue weighted by atomic mass is 10.1. The second kappa shape index (κ2) is 7.79. The van der Waals surface area contributed by atoms with Gasteiger partial charge < -0.3 is 19.4 Å². The maximum absolute atomic E-state index is 12.8. The van der Waals surface area contributed by atoms with Crippen LogP contribution in [0.4, 0.5) is 5.69 Å². The molecule has 0 spiro atoms. The van der Waals surface area contributed by atoms with Gasteiger partial charge in [0.05, 0.1) is 24.1 Å². The summed E-state index contributed by atoms with van der Waals surface area (Å²) in [6, 6.07) is 8.92. The quantitative estimate of drug-likeness (QED) is 0.687. The van der Waals surface area contributed by atoms with Crippen LogP contribution in [0.5, 0.6) is 5.75 Å². The molecule has 0 saturated heterocycles. The van der Waals surface area contributed by atoms with Crippen molar-refractivity contribution in [1.82, 2.24) is 9.55 Å². The number of anilines is 1. The first-order valence-electron chi connectivity index (χ1n) is 8.06. The van der Waals surface area contributed by atoms with Gasteiger partial charge in [-0.15, -0.1) is 0 Å². The van der Waals surface area contributed by atoms with Gasteiger partial charge in [-0.25, -0.2) is 0 Å². The second-order valence-electron chi connectivity index (χ2n) is 5.70. The molecule has 2 heterocycles. The van der Waals surface area contributed by atoms with Crippen molar-refractivity contribution in [2.24, 2.45) is 7.05 Å². The molecule has 1 N–H and O–H groups in total. The van der Waals surface area contributed by atoms with Crippen LogP contribution in [0, 0.1) is 0 Å². The predicted molar refractivity (Wildman–Crippen MR) is 98.8 cm³/mol. The molecule has 134 valence electrons. The molecule has 0 saturated carbocycles. The molecule has 7 heteroatoms. The summed E-state index contributed by atoms with van der Waals surface area (Å²) >= 11 is 0. The summed E-state index contributed by atoms with van der Waals surface area (Å²) in [5.74, 6) is -0.165. The molecule has 3 aromatic rings. The molecule has 0 unspecified atom stereocenters. The van der Waals surface area contributed by atoms with E-state index in [2.05, 4.69) is 10.3 Å². The van der Waals surface area contributed by atoms with Gasteiger partial charge in [0.1, 0.15) is 12.4 Å². The molecule has 0 atom stereocenters. The molecular weight excluding hydrogens is 334 g/mol. The number of methoxy groups -OCH3 is 1. The van der Waals surface area contributed by atoms with Gasteiger partial charge in [0.2, 0.25) is 0 Å². The summed E-state index contributed by atoms with van der Waals surface area (Å²) in [6.45, 7) is 0.587. The third-order valence-electron chi connectivity index (χ3n) is 3.90. The number of nitrogens with one attached hydrogen (secondary N) is 1. The summed E-state index contributed by atoms with van der Waals surface area (Å²) in [6.07, 6.45) is 4.78. The standard InChI is InChI=1S/C19H19N3O4/c1-22-12-15(17(9-18(22)23)26-8-7-25-2)19(24)21-16-11-20-10-13-5-3-4-6-14(13)16/h3-6,9-12H,7-8H2,1-2H3,(H,21,24). The molecule has 1 amide bonds. The van der Waals surface area contributed by atoms with Crippen molar-refractivity contribution in [3.05, 3.63) is 64.8 Å². The normalized spacial score (nSPS) is 10.7. The van der Waals surface area contributed by atoms with E-state index in [1.807, 2.05) is 24.3 Å². The Bertz CT molecular complexity index is 992. The highest BCUT2D eigenvalue weighted by atomic mass is 16.5. The SMILES string of the molecule is COCCOc1cc(=O)n(C)cc1C(=O)Nc1cncc2ccccc12. The van der Waals surface area contributed by atoms with Gasteiger partial charge >= 0.3 is 0 Å². The molecule has 0 fully saturated rings. The lowest BCUT2D eigenvalue weighted by Gasteiger charge is -2.13. The van der Waals surface area contributed by atoms with Crippen molar-refractivity contribution in [2.75, 3.05) is 25.6 Å². The first kappa shape index (κ1) is 17.6. The monoisotopic (exact) mass is 353 g/mol. The van der Waals surface area contributed by atoms with Crippen LogP contribution in [-0.2, 0) is 11.8 Å². The Morgan fingerprint density at radius 2 is 2.04 bits per heavy atom. The van der Waals surface area contributed by atoms with Crippen LogP contribution in [0.3, 0.4) is 0 Å². The third-order valence-corrected chi connectivity index (χ3v) is 3.90. The van der Waals surface area contributed by atoms with Crippen LogP contribution in [0.1, 0.15) is 10.4 Å². The molecule has 3 rings (SSSR count). The number of amides is 1. The lowest BCUT2D eigenvalue weighted by Crippen LogP contribution is -2.22. The van der Waals surface area contributed by atoms with Crippen molar-refractivity contribution in [3.63, 3.8) is 0 Å². The fourth-order valence-corrected chi connectivity index (χ4v) is 2.54. The van der Waals surface area contributed by atoms with E-state index in [9.17, 15) is 9.59 Å². The van der Waals surface area contributed by atoms with Crippen LogP contribution < -0.4 is 15.6 Å². The molecule has 0 aliphatic carbocycles. The molecule has 26 heavy (non-hydrogen) atoms. The molecule has 0 bridgehead atoms. The Balaban J connectivity index is 1.93. The van der Waals surface area contributed by atoms with Gasteiger partial charge in [-0.3, -0.25) is 14.6 Å². The van der Waals surface area contributed by atoms with Crippen LogP contribution >= 0.6 is 0 Å². The van der Waals surface area contributed by atoms with Crippen LogP contribution in [0.2, 0.25) is 0 Å². The summed E-state index contributed by atoms with van der Waals surface area (Å²) in [7, 11) is 3.13. The Kier molecular flexibility index (Phi) is 5.28. The topological polar surface area (TPSA) is 82.5 Å². The number of hydrogen-bond acceptors (Lipinski definition) is 5. The molecule has 2 aromatic heterocycles. The second-order valence-corrected chi connectivity index (χ2v) is 5.70. The Labute approximate surface area is 150 Å². The number of aromatic nitrogens is 2. The number of rotatable bonds is 6. The minimum Gasteiger partial charge on any atom is -0.490 e. The fourth-order valence-electron chi connectivity index (χ4n) is 2.54. The summed E-state index contributed by atoms with van der Waals surface area (Å²) in [4.78, 5) is 28.9. The molecule has 7 nitrogen and oxygen atoms in total. The number of carbonyl (C=O) groups excluding carboxylic acids is 1. The van der Waals surface area contributed by atoms with Gasteiger partial charge in [0.25, 0.3) is 11.5 Å². The van der Waals surface area contributed by atoms with Crippen molar-refractivity contribution in [1.29, 1.82) is 0 Å². The van der Waals surface area contributed by atoms with Gasteiger partial charge in [-0.2, -0.15) is 0 Å². The lowest BCUT2D eigenvalue weighted by molar-refractivity contribution is 0.101. The van der Waals surface area contributed by atoms with E-state index in [1.165, 1.54) is 16.8 Å². The number of benzene rings is 1. The van der Waals surface area contributed by atoms with Gasteiger partial charge in [-0.1, -0.05) is 24.3 Å². The van der Waals surface area contributed by atoms with Crippen LogP contribution in [0.15, 0.2) is 53.7 Å². The van der Waals surface area contributed by atoms with Crippen molar-refractivity contribution < 1.29 is 14.3 Å². The van der Waals surface area contributed by atoms with E-state index in [4.69, 9.17) is 9.47 Å². The predicted octanol–water partition coefficient (Wildman–Crippen LogP) is 2.21. The average Bonchev–Trinajstić information content (AvgIpc) is 2.65. The zero-order valence-electron chi connectivity index (χ0n) is 14.6. The zero-order chi connectivity index (χ0) is 18.5. The largest absolute Gasteiger partial charge is 0.490 e. The number of pyridine rings is 2. The summed E-state index contributed by atoms with van der Waals surface area (Å²) in [5.41, 5.74) is 0.585. The average molecular weight is 353 g/mol. The fraction of sp³-hybridized carbons (Fsp3) is 0.211. The molecule has 0 radical (unpaired) electrons. The molecular formula is C19H19N3O4. The van der Waals surface area contributed by atoms with Crippen LogP contribution in [0.25, 0.3) is 10.8 Å². The highest BCUT2D eigenvalue weighted by Gasteiger charge is 2.16. The van der Waals surface area contributed by atoms with Gasteiger partial charge in [0, 0.05) is 43.4 Å². The summed E-state index contributed by atoms with van der Waals surface area (Å²) < 4.78 is 11.8. The van der Waals surface area contributed by atoms with E-state index in [0.29, 0.717) is 12.3 Å². The maximum Gasteiger partial charge on any atom is 0.260 e. The molecule has 0 aliphatic rings. The van der Waals surface area contributed by atoms with Crippen molar-refractivity contribution in [2.45, 2.75) is 0 Å². The van der Waals surface area contributed by atoms with E-state index >= 15 is 0 Å². The Morgan fingerprint density at radius 1 is 1.23 bits per heavy atom. The van der Waals surface area contributed by atoms with Gasteiger partial charge in [-0.05, 0) is 0 Å². The molecule has 0 aliphatic heterocycles. The molecule has 1 aromatic carbocycles.